The van der Waals surface area contributed by atoms with Gasteiger partial charge < -0.3 is 19.9 Å². The zero-order valence-electron chi connectivity index (χ0n) is 16.0. The van der Waals surface area contributed by atoms with Crippen LogP contribution >= 0.6 is 0 Å². The highest BCUT2D eigenvalue weighted by Crippen LogP contribution is 2.32. The number of aryl methyl sites for hydroxylation is 1. The minimum absolute atomic E-state index is 0.0234. The Morgan fingerprint density at radius 1 is 1.15 bits per heavy atom. The highest BCUT2D eigenvalue weighted by molar-refractivity contribution is 5.98. The predicted molar refractivity (Wildman–Crippen MR) is 105 cm³/mol. The number of amides is 1. The first-order valence-corrected chi connectivity index (χ1v) is 9.42. The van der Waals surface area contributed by atoms with E-state index in [0.717, 1.165) is 29.9 Å². The Morgan fingerprint density at radius 3 is 2.59 bits per heavy atom. The first kappa shape index (κ1) is 17.7. The predicted octanol–water partition coefficient (Wildman–Crippen LogP) is 2.73. The summed E-state index contributed by atoms with van der Waals surface area (Å²) in [5, 5.41) is 3.44. The molecule has 1 fully saturated rings. The van der Waals surface area contributed by atoms with Gasteiger partial charge in [0, 0.05) is 30.4 Å². The molecule has 0 radical (unpaired) electrons. The zero-order chi connectivity index (χ0) is 19.0. The lowest BCUT2D eigenvalue weighted by Gasteiger charge is -2.27. The number of aromatic nitrogens is 2. The lowest BCUT2D eigenvalue weighted by molar-refractivity contribution is 0.0726. The SMILES string of the molecule is Cc1ccccc1Nc1nc(N2CCOCC2)nc2c1CN(C(C)C)C2=O. The molecule has 1 saturated heterocycles. The van der Waals surface area contributed by atoms with Gasteiger partial charge in [-0.05, 0) is 32.4 Å². The Hall–Kier alpha value is -2.67. The van der Waals surface area contributed by atoms with Gasteiger partial charge in [-0.3, -0.25) is 4.79 Å². The van der Waals surface area contributed by atoms with Crippen molar-refractivity contribution in [2.24, 2.45) is 0 Å². The summed E-state index contributed by atoms with van der Waals surface area (Å²) in [5.41, 5.74) is 3.50. The van der Waals surface area contributed by atoms with E-state index in [1.165, 1.54) is 0 Å². The fourth-order valence-electron chi connectivity index (χ4n) is 3.44. The van der Waals surface area contributed by atoms with Crippen LogP contribution in [-0.4, -0.2) is 53.1 Å². The molecule has 7 heteroatoms. The van der Waals surface area contributed by atoms with Crippen molar-refractivity contribution in [2.75, 3.05) is 36.5 Å². The van der Waals surface area contributed by atoms with Crippen molar-refractivity contribution in [3.05, 3.63) is 41.1 Å². The minimum Gasteiger partial charge on any atom is -0.378 e. The molecule has 1 N–H and O–H groups in total. The van der Waals surface area contributed by atoms with Gasteiger partial charge in [0.25, 0.3) is 5.91 Å². The van der Waals surface area contributed by atoms with Gasteiger partial charge in [-0.25, -0.2) is 4.98 Å². The molecule has 0 unspecified atom stereocenters. The summed E-state index contributed by atoms with van der Waals surface area (Å²) in [6.07, 6.45) is 0. The number of para-hydroxylation sites is 1. The molecular formula is C20H25N5O2. The Bertz CT molecular complexity index is 861. The van der Waals surface area contributed by atoms with Crippen molar-refractivity contribution in [3.8, 4) is 0 Å². The molecule has 4 rings (SSSR count). The Kier molecular flexibility index (Phi) is 4.70. The van der Waals surface area contributed by atoms with Gasteiger partial charge >= 0.3 is 0 Å². The summed E-state index contributed by atoms with van der Waals surface area (Å²) in [4.78, 5) is 26.3. The number of fused-ring (bicyclic) bond motifs is 1. The molecule has 7 nitrogen and oxygen atoms in total. The Morgan fingerprint density at radius 2 is 1.89 bits per heavy atom. The summed E-state index contributed by atoms with van der Waals surface area (Å²) in [5.74, 6) is 1.28. The number of nitrogens with one attached hydrogen (secondary N) is 1. The summed E-state index contributed by atoms with van der Waals surface area (Å²) in [6.45, 7) is 9.38. The molecule has 1 aromatic heterocycles. The lowest BCUT2D eigenvalue weighted by atomic mass is 10.2. The summed E-state index contributed by atoms with van der Waals surface area (Å²) in [7, 11) is 0. The van der Waals surface area contributed by atoms with Crippen LogP contribution in [0.15, 0.2) is 24.3 Å². The molecule has 142 valence electrons. The number of nitrogens with zero attached hydrogens (tertiary/aromatic N) is 4. The maximum Gasteiger partial charge on any atom is 0.273 e. The standard InChI is InChI=1S/C20H25N5O2/c1-13(2)25-12-15-17(19(25)26)22-20(24-8-10-27-11-9-24)23-18(15)21-16-7-5-4-6-14(16)3/h4-7,13H,8-12H2,1-3H3,(H,21,22,23). The normalized spacial score (nSPS) is 16.8. The number of morpholine rings is 1. The molecule has 0 atom stereocenters. The lowest BCUT2D eigenvalue weighted by Crippen LogP contribution is -2.37. The highest BCUT2D eigenvalue weighted by Gasteiger charge is 2.35. The van der Waals surface area contributed by atoms with Crippen molar-refractivity contribution in [2.45, 2.75) is 33.4 Å². The van der Waals surface area contributed by atoms with Crippen LogP contribution in [0.5, 0.6) is 0 Å². The maximum atomic E-state index is 12.9. The van der Waals surface area contributed by atoms with Crippen LogP contribution in [0.1, 0.15) is 35.5 Å². The van der Waals surface area contributed by atoms with Gasteiger partial charge in [-0.1, -0.05) is 18.2 Å². The molecular weight excluding hydrogens is 342 g/mol. The van der Waals surface area contributed by atoms with Gasteiger partial charge in [0.1, 0.15) is 11.5 Å². The van der Waals surface area contributed by atoms with Crippen molar-refractivity contribution >= 4 is 23.4 Å². The second kappa shape index (κ2) is 7.15. The minimum atomic E-state index is -0.0234. The molecule has 1 aromatic carbocycles. The van der Waals surface area contributed by atoms with Crippen LogP contribution in [0.2, 0.25) is 0 Å². The van der Waals surface area contributed by atoms with Crippen molar-refractivity contribution in [3.63, 3.8) is 0 Å². The fraction of sp³-hybridized carbons (Fsp3) is 0.450. The molecule has 27 heavy (non-hydrogen) atoms. The van der Waals surface area contributed by atoms with Crippen LogP contribution < -0.4 is 10.2 Å². The monoisotopic (exact) mass is 367 g/mol. The molecule has 2 aromatic rings. The van der Waals surface area contributed by atoms with Crippen LogP contribution in [-0.2, 0) is 11.3 Å². The zero-order valence-corrected chi connectivity index (χ0v) is 16.0. The number of anilines is 3. The van der Waals surface area contributed by atoms with Gasteiger partial charge in [-0.2, -0.15) is 4.98 Å². The second-order valence-corrected chi connectivity index (χ2v) is 7.27. The van der Waals surface area contributed by atoms with Crippen molar-refractivity contribution in [1.29, 1.82) is 0 Å². The molecule has 1 amide bonds. The van der Waals surface area contributed by atoms with Gasteiger partial charge in [0.05, 0.1) is 19.8 Å². The number of hydrogen-bond donors (Lipinski definition) is 1. The van der Waals surface area contributed by atoms with Crippen LogP contribution in [0, 0.1) is 6.92 Å². The van der Waals surface area contributed by atoms with E-state index >= 15 is 0 Å². The molecule has 0 aliphatic carbocycles. The third kappa shape index (κ3) is 3.35. The molecule has 3 heterocycles. The molecule has 0 spiro atoms. The van der Waals surface area contributed by atoms with Crippen LogP contribution in [0.3, 0.4) is 0 Å². The molecule has 0 bridgehead atoms. The van der Waals surface area contributed by atoms with Crippen molar-refractivity contribution < 1.29 is 9.53 Å². The molecule has 2 aliphatic heterocycles. The summed E-state index contributed by atoms with van der Waals surface area (Å²) in [6, 6.07) is 8.19. The van der Waals surface area contributed by atoms with E-state index in [1.54, 1.807) is 0 Å². The van der Waals surface area contributed by atoms with Crippen LogP contribution in [0.25, 0.3) is 0 Å². The maximum absolute atomic E-state index is 12.9. The summed E-state index contributed by atoms with van der Waals surface area (Å²) < 4.78 is 5.44. The number of carbonyl (C=O) groups excluding carboxylic acids is 1. The van der Waals surface area contributed by atoms with E-state index in [0.29, 0.717) is 37.2 Å². The van der Waals surface area contributed by atoms with Gasteiger partial charge in [-0.15, -0.1) is 0 Å². The van der Waals surface area contributed by atoms with E-state index in [9.17, 15) is 4.79 Å². The average molecular weight is 367 g/mol. The highest BCUT2D eigenvalue weighted by atomic mass is 16.5. The number of hydrogen-bond acceptors (Lipinski definition) is 6. The third-order valence-electron chi connectivity index (χ3n) is 5.10. The first-order chi connectivity index (χ1) is 13.0. The van der Waals surface area contributed by atoms with E-state index in [-0.39, 0.29) is 11.9 Å². The Balaban J connectivity index is 1.77. The van der Waals surface area contributed by atoms with E-state index in [1.807, 2.05) is 36.9 Å². The average Bonchev–Trinajstić information content (AvgIpc) is 3.02. The quantitative estimate of drug-likeness (QED) is 0.896. The number of ether oxygens (including phenoxy) is 1. The second-order valence-electron chi connectivity index (χ2n) is 7.27. The first-order valence-electron chi connectivity index (χ1n) is 9.42. The number of carbonyl (C=O) groups is 1. The largest absolute Gasteiger partial charge is 0.378 e. The van der Waals surface area contributed by atoms with Crippen LogP contribution in [0.4, 0.5) is 17.5 Å². The summed E-state index contributed by atoms with van der Waals surface area (Å²) >= 11 is 0. The van der Waals surface area contributed by atoms with E-state index in [4.69, 9.17) is 9.72 Å². The van der Waals surface area contributed by atoms with Crippen molar-refractivity contribution in [1.82, 2.24) is 14.9 Å². The third-order valence-corrected chi connectivity index (χ3v) is 5.10. The topological polar surface area (TPSA) is 70.6 Å². The van der Waals surface area contributed by atoms with Gasteiger partial charge in [0.2, 0.25) is 5.95 Å². The van der Waals surface area contributed by atoms with Gasteiger partial charge in [0.15, 0.2) is 0 Å². The Labute approximate surface area is 159 Å². The fourth-order valence-corrected chi connectivity index (χ4v) is 3.44. The van der Waals surface area contributed by atoms with E-state index in [2.05, 4.69) is 28.2 Å². The number of benzene rings is 1. The molecule has 0 saturated carbocycles. The number of rotatable bonds is 4. The smallest absolute Gasteiger partial charge is 0.273 e. The van der Waals surface area contributed by atoms with E-state index < -0.39 is 0 Å². The molecule has 2 aliphatic rings.